The van der Waals surface area contributed by atoms with E-state index in [1.807, 2.05) is 6.07 Å². The summed E-state index contributed by atoms with van der Waals surface area (Å²) in [6.45, 7) is 5.17. The number of benzene rings is 2. The van der Waals surface area contributed by atoms with Crippen LogP contribution in [0.15, 0.2) is 57.8 Å². The second-order valence-corrected chi connectivity index (χ2v) is 5.88. The highest BCUT2D eigenvalue weighted by molar-refractivity contribution is 9.10. The Morgan fingerprint density at radius 1 is 1.05 bits per heavy atom. The largest absolute Gasteiger partial charge is 0.457 e. The van der Waals surface area contributed by atoms with Crippen molar-refractivity contribution < 1.29 is 4.42 Å². The van der Waals surface area contributed by atoms with E-state index in [-0.39, 0.29) is 6.04 Å². The van der Waals surface area contributed by atoms with Gasteiger partial charge in [0.2, 0.25) is 0 Å². The molecule has 1 unspecified atom stereocenters. The molecule has 108 valence electrons. The van der Waals surface area contributed by atoms with Gasteiger partial charge in [-0.25, -0.2) is 0 Å². The predicted molar refractivity (Wildman–Crippen MR) is 90.6 cm³/mol. The number of rotatable bonds is 4. The third kappa shape index (κ3) is 2.63. The molecular weight excluding hydrogens is 326 g/mol. The lowest BCUT2D eigenvalue weighted by Gasteiger charge is -2.20. The van der Waals surface area contributed by atoms with E-state index in [0.29, 0.717) is 0 Å². The van der Waals surface area contributed by atoms with E-state index in [0.717, 1.165) is 16.8 Å². The van der Waals surface area contributed by atoms with Crippen LogP contribution in [0.4, 0.5) is 0 Å². The summed E-state index contributed by atoms with van der Waals surface area (Å²) in [4.78, 5) is 0. The van der Waals surface area contributed by atoms with E-state index >= 15 is 0 Å². The van der Waals surface area contributed by atoms with Gasteiger partial charge in [0.25, 0.3) is 0 Å². The molecule has 0 saturated carbocycles. The monoisotopic (exact) mass is 343 g/mol. The fraction of sp³-hybridized carbons (Fsp3) is 0.222. The van der Waals surface area contributed by atoms with Crippen molar-refractivity contribution in [3.05, 3.63) is 70.1 Å². The highest BCUT2D eigenvalue weighted by Crippen LogP contribution is 2.34. The van der Waals surface area contributed by atoms with Crippen LogP contribution >= 0.6 is 15.9 Å². The first-order valence-corrected chi connectivity index (χ1v) is 7.96. The summed E-state index contributed by atoms with van der Waals surface area (Å²) in [5, 5.41) is 6.16. The van der Waals surface area contributed by atoms with E-state index in [2.05, 4.69) is 71.5 Å². The van der Waals surface area contributed by atoms with Crippen LogP contribution in [-0.4, -0.2) is 6.54 Å². The van der Waals surface area contributed by atoms with E-state index in [1.165, 1.54) is 21.9 Å². The van der Waals surface area contributed by atoms with Crippen molar-refractivity contribution in [2.75, 3.05) is 6.54 Å². The fourth-order valence-electron chi connectivity index (χ4n) is 2.83. The molecule has 2 aromatic carbocycles. The van der Waals surface area contributed by atoms with E-state index < -0.39 is 0 Å². The molecule has 0 saturated heterocycles. The lowest BCUT2D eigenvalue weighted by molar-refractivity contribution is 0.527. The Morgan fingerprint density at radius 3 is 2.48 bits per heavy atom. The Kier molecular flexibility index (Phi) is 4.13. The fourth-order valence-corrected chi connectivity index (χ4v) is 3.30. The number of aryl methyl sites for hydroxylation is 1. The number of hydrogen-bond donors (Lipinski definition) is 1. The first-order valence-electron chi connectivity index (χ1n) is 7.17. The molecule has 0 radical (unpaired) electrons. The molecular formula is C18H18BrNO. The molecule has 0 aliphatic rings. The normalized spacial score (nSPS) is 12.7. The minimum atomic E-state index is 0.119. The lowest BCUT2D eigenvalue weighted by Crippen LogP contribution is -2.22. The summed E-state index contributed by atoms with van der Waals surface area (Å²) < 4.78 is 6.22. The molecule has 3 rings (SSSR count). The molecule has 3 heteroatoms. The Hall–Kier alpha value is -1.58. The Balaban J connectivity index is 2.21. The molecule has 1 heterocycles. The number of fused-ring (bicyclic) bond motifs is 1. The highest BCUT2D eigenvalue weighted by atomic mass is 79.9. The standard InChI is InChI=1S/C18H18BrNO/c1-3-20-17(16-10-11-21-18(16)19)15-9-8-12(2)13-6-4-5-7-14(13)15/h4-11,17,20H,3H2,1-2H3. The minimum absolute atomic E-state index is 0.119. The highest BCUT2D eigenvalue weighted by Gasteiger charge is 2.20. The average Bonchev–Trinajstić information content (AvgIpc) is 2.92. The molecule has 3 aromatic rings. The third-order valence-corrected chi connectivity index (χ3v) is 4.50. The summed E-state index contributed by atoms with van der Waals surface area (Å²) >= 11 is 3.51. The Morgan fingerprint density at radius 2 is 1.81 bits per heavy atom. The summed E-state index contributed by atoms with van der Waals surface area (Å²) in [6.07, 6.45) is 1.72. The maximum Gasteiger partial charge on any atom is 0.174 e. The smallest absolute Gasteiger partial charge is 0.174 e. The molecule has 1 atom stereocenters. The average molecular weight is 344 g/mol. The molecule has 21 heavy (non-hydrogen) atoms. The van der Waals surface area contributed by atoms with Gasteiger partial charge < -0.3 is 9.73 Å². The van der Waals surface area contributed by atoms with Crippen molar-refractivity contribution in [3.8, 4) is 0 Å². The van der Waals surface area contributed by atoms with Crippen LogP contribution < -0.4 is 5.32 Å². The van der Waals surface area contributed by atoms with E-state index in [1.54, 1.807) is 6.26 Å². The van der Waals surface area contributed by atoms with Gasteiger partial charge in [-0.1, -0.05) is 43.3 Å². The van der Waals surface area contributed by atoms with Crippen molar-refractivity contribution in [2.24, 2.45) is 0 Å². The van der Waals surface area contributed by atoms with Gasteiger partial charge in [0.15, 0.2) is 4.67 Å². The summed E-state index contributed by atoms with van der Waals surface area (Å²) in [5.41, 5.74) is 3.71. The minimum Gasteiger partial charge on any atom is -0.457 e. The van der Waals surface area contributed by atoms with Gasteiger partial charge in [0.05, 0.1) is 12.3 Å². The van der Waals surface area contributed by atoms with Crippen molar-refractivity contribution in [1.82, 2.24) is 5.32 Å². The quantitative estimate of drug-likeness (QED) is 0.703. The van der Waals surface area contributed by atoms with Gasteiger partial charge in [-0.15, -0.1) is 0 Å². The van der Waals surface area contributed by atoms with Gasteiger partial charge in [0.1, 0.15) is 0 Å². The Bertz CT molecular complexity index is 763. The van der Waals surface area contributed by atoms with Crippen molar-refractivity contribution in [2.45, 2.75) is 19.9 Å². The molecule has 1 N–H and O–H groups in total. The van der Waals surface area contributed by atoms with Gasteiger partial charge in [0, 0.05) is 5.56 Å². The van der Waals surface area contributed by atoms with Crippen LogP contribution in [0.1, 0.15) is 29.7 Å². The number of hydrogen-bond acceptors (Lipinski definition) is 2. The van der Waals surface area contributed by atoms with Gasteiger partial charge in [-0.2, -0.15) is 0 Å². The summed E-state index contributed by atoms with van der Waals surface area (Å²) in [7, 11) is 0. The molecule has 2 nitrogen and oxygen atoms in total. The predicted octanol–water partition coefficient (Wildman–Crippen LogP) is 5.20. The van der Waals surface area contributed by atoms with Gasteiger partial charge in [-0.3, -0.25) is 0 Å². The van der Waals surface area contributed by atoms with Crippen LogP contribution in [0, 0.1) is 6.92 Å². The van der Waals surface area contributed by atoms with Gasteiger partial charge >= 0.3 is 0 Å². The zero-order valence-electron chi connectivity index (χ0n) is 12.2. The molecule has 0 amide bonds. The SMILES string of the molecule is CCNC(c1ccoc1Br)c1ccc(C)c2ccccc12. The first-order chi connectivity index (χ1) is 10.2. The van der Waals surface area contributed by atoms with Crippen LogP contribution in [0.25, 0.3) is 10.8 Å². The zero-order chi connectivity index (χ0) is 14.8. The first kappa shape index (κ1) is 14.4. The van der Waals surface area contributed by atoms with Crippen LogP contribution in [0.3, 0.4) is 0 Å². The Labute approximate surface area is 133 Å². The van der Waals surface area contributed by atoms with Crippen molar-refractivity contribution in [3.63, 3.8) is 0 Å². The van der Waals surface area contributed by atoms with Crippen molar-refractivity contribution in [1.29, 1.82) is 0 Å². The molecule has 0 spiro atoms. The number of nitrogens with one attached hydrogen (secondary N) is 1. The van der Waals surface area contributed by atoms with E-state index in [4.69, 9.17) is 4.42 Å². The molecule has 0 fully saturated rings. The maximum atomic E-state index is 5.43. The number of halogens is 1. The summed E-state index contributed by atoms with van der Waals surface area (Å²) in [5.74, 6) is 0. The second kappa shape index (κ2) is 6.04. The molecule has 0 aliphatic carbocycles. The molecule has 0 bridgehead atoms. The maximum absolute atomic E-state index is 5.43. The van der Waals surface area contributed by atoms with Crippen LogP contribution in [0.5, 0.6) is 0 Å². The van der Waals surface area contributed by atoms with Gasteiger partial charge in [-0.05, 0) is 57.4 Å². The van der Waals surface area contributed by atoms with Crippen LogP contribution in [-0.2, 0) is 0 Å². The van der Waals surface area contributed by atoms with Crippen LogP contribution in [0.2, 0.25) is 0 Å². The zero-order valence-corrected chi connectivity index (χ0v) is 13.8. The lowest BCUT2D eigenvalue weighted by atomic mass is 9.93. The topological polar surface area (TPSA) is 25.2 Å². The third-order valence-electron chi connectivity index (χ3n) is 3.85. The molecule has 0 aliphatic heterocycles. The second-order valence-electron chi connectivity index (χ2n) is 5.16. The number of furan rings is 1. The summed E-state index contributed by atoms with van der Waals surface area (Å²) in [6, 6.07) is 15.1. The van der Waals surface area contributed by atoms with Crippen molar-refractivity contribution >= 4 is 26.7 Å². The van der Waals surface area contributed by atoms with E-state index in [9.17, 15) is 0 Å². The molecule has 1 aromatic heterocycles.